The molecule has 1 amide bonds. The van der Waals surface area contributed by atoms with Crippen LogP contribution in [0.5, 0.6) is 0 Å². The lowest BCUT2D eigenvalue weighted by Gasteiger charge is -2.16. The van der Waals surface area contributed by atoms with Crippen LogP contribution in [0.3, 0.4) is 0 Å². The lowest BCUT2D eigenvalue weighted by atomic mass is 10.2. The average Bonchev–Trinajstić information content (AvgIpc) is 3.24. The van der Waals surface area contributed by atoms with Crippen LogP contribution in [0.2, 0.25) is 0 Å². The molecule has 3 rings (SSSR count). The second-order valence-electron chi connectivity index (χ2n) is 5.76. The molecule has 6 nitrogen and oxygen atoms in total. The summed E-state index contributed by atoms with van der Waals surface area (Å²) in [6, 6.07) is 5.48. The van der Waals surface area contributed by atoms with Crippen molar-refractivity contribution in [2.24, 2.45) is 0 Å². The number of amides is 1. The van der Waals surface area contributed by atoms with Crippen LogP contribution in [-0.2, 0) is 6.54 Å². The quantitative estimate of drug-likeness (QED) is 0.829. The summed E-state index contributed by atoms with van der Waals surface area (Å²) in [5.74, 6) is 0.676. The summed E-state index contributed by atoms with van der Waals surface area (Å²) in [5, 5.41) is 2.86. The number of aromatic amines is 1. The summed E-state index contributed by atoms with van der Waals surface area (Å²) in [6.07, 6.45) is 5.73. The molecule has 2 aromatic heterocycles. The smallest absolute Gasteiger partial charge is 0.267 e. The highest BCUT2D eigenvalue weighted by Gasteiger charge is 2.14. The highest BCUT2D eigenvalue weighted by molar-refractivity contribution is 5.99. The van der Waals surface area contributed by atoms with Crippen LogP contribution >= 0.6 is 0 Å². The van der Waals surface area contributed by atoms with Crippen LogP contribution in [0.25, 0.3) is 0 Å². The van der Waals surface area contributed by atoms with Gasteiger partial charge in [-0.15, -0.1) is 0 Å². The number of nitrogens with one attached hydrogen (secondary N) is 2. The molecule has 1 aliphatic heterocycles. The van der Waals surface area contributed by atoms with E-state index in [9.17, 15) is 9.59 Å². The summed E-state index contributed by atoms with van der Waals surface area (Å²) in [5.41, 5.74) is 1.91. The van der Waals surface area contributed by atoms with Crippen LogP contribution < -0.4 is 10.2 Å². The maximum absolute atomic E-state index is 12.1. The van der Waals surface area contributed by atoms with Crippen molar-refractivity contribution in [1.82, 2.24) is 15.3 Å². The molecule has 120 valence electrons. The van der Waals surface area contributed by atoms with E-state index in [1.54, 1.807) is 18.5 Å². The van der Waals surface area contributed by atoms with E-state index in [4.69, 9.17) is 0 Å². The van der Waals surface area contributed by atoms with Crippen molar-refractivity contribution in [2.75, 3.05) is 18.0 Å². The molecule has 0 aromatic carbocycles. The number of Topliss-reactive ketones (excluding diaryl/α,β-unsaturated/α-hetero) is 1. The largest absolute Gasteiger partial charge is 0.357 e. The number of nitrogens with zero attached hydrogens (tertiary/aromatic N) is 2. The third-order valence-corrected chi connectivity index (χ3v) is 4.03. The highest BCUT2D eigenvalue weighted by Crippen LogP contribution is 2.18. The van der Waals surface area contributed by atoms with Gasteiger partial charge in [0, 0.05) is 37.6 Å². The van der Waals surface area contributed by atoms with Crippen LogP contribution in [-0.4, -0.2) is 34.7 Å². The van der Waals surface area contributed by atoms with E-state index < -0.39 is 0 Å². The Morgan fingerprint density at radius 3 is 2.78 bits per heavy atom. The topological polar surface area (TPSA) is 78.1 Å². The van der Waals surface area contributed by atoms with Gasteiger partial charge in [0.1, 0.15) is 11.5 Å². The monoisotopic (exact) mass is 312 g/mol. The predicted octanol–water partition coefficient (Wildman–Crippen LogP) is 2.14. The third-order valence-electron chi connectivity index (χ3n) is 4.03. The van der Waals surface area contributed by atoms with Gasteiger partial charge in [-0.2, -0.15) is 0 Å². The minimum absolute atomic E-state index is 0.0651. The summed E-state index contributed by atoms with van der Waals surface area (Å²) in [4.78, 5) is 32.9. The van der Waals surface area contributed by atoms with Crippen molar-refractivity contribution < 1.29 is 9.59 Å². The normalized spacial score (nSPS) is 14.0. The molecule has 1 aliphatic rings. The first-order chi connectivity index (χ1) is 11.1. The fourth-order valence-electron chi connectivity index (χ4n) is 2.70. The lowest BCUT2D eigenvalue weighted by molar-refractivity contribution is 0.0946. The van der Waals surface area contributed by atoms with E-state index in [0.717, 1.165) is 24.5 Å². The molecule has 2 aromatic rings. The van der Waals surface area contributed by atoms with Gasteiger partial charge >= 0.3 is 0 Å². The molecule has 0 aliphatic carbocycles. The number of carbonyl (C=O) groups is 2. The maximum atomic E-state index is 12.1. The van der Waals surface area contributed by atoms with E-state index in [1.165, 1.54) is 19.8 Å². The molecule has 23 heavy (non-hydrogen) atoms. The van der Waals surface area contributed by atoms with Gasteiger partial charge in [0.05, 0.1) is 0 Å². The first-order valence-electron chi connectivity index (χ1n) is 7.81. The SMILES string of the molecule is CC(=O)c1c[nH]c(C(=O)NCc2ccnc(N3CCCC3)c2)c1. The number of carbonyl (C=O) groups excluding carboxylic acids is 2. The first kappa shape index (κ1) is 15.3. The van der Waals surface area contributed by atoms with Gasteiger partial charge in [0.2, 0.25) is 0 Å². The summed E-state index contributed by atoms with van der Waals surface area (Å²) >= 11 is 0. The summed E-state index contributed by atoms with van der Waals surface area (Å²) in [6.45, 7) is 3.98. The van der Waals surface area contributed by atoms with Gasteiger partial charge < -0.3 is 15.2 Å². The molecule has 3 heterocycles. The molecule has 6 heteroatoms. The number of hydrogen-bond acceptors (Lipinski definition) is 4. The molecular weight excluding hydrogens is 292 g/mol. The Bertz CT molecular complexity index is 717. The van der Waals surface area contributed by atoms with Crippen LogP contribution in [0.15, 0.2) is 30.6 Å². The van der Waals surface area contributed by atoms with Crippen molar-refractivity contribution in [1.29, 1.82) is 0 Å². The highest BCUT2D eigenvalue weighted by atomic mass is 16.2. The fraction of sp³-hybridized carbons (Fsp3) is 0.353. The van der Waals surface area contributed by atoms with Gasteiger partial charge in [-0.1, -0.05) is 0 Å². The average molecular weight is 312 g/mol. The number of rotatable bonds is 5. The number of hydrogen-bond donors (Lipinski definition) is 2. The van der Waals surface area contributed by atoms with Crippen molar-refractivity contribution in [3.8, 4) is 0 Å². The van der Waals surface area contributed by atoms with E-state index in [2.05, 4.69) is 20.2 Å². The fourth-order valence-corrected chi connectivity index (χ4v) is 2.70. The Morgan fingerprint density at radius 1 is 1.30 bits per heavy atom. The van der Waals surface area contributed by atoms with Crippen molar-refractivity contribution in [2.45, 2.75) is 26.3 Å². The molecule has 0 radical (unpaired) electrons. The van der Waals surface area contributed by atoms with Crippen molar-refractivity contribution >= 4 is 17.5 Å². The Morgan fingerprint density at radius 2 is 2.09 bits per heavy atom. The lowest BCUT2D eigenvalue weighted by Crippen LogP contribution is -2.24. The van der Waals surface area contributed by atoms with E-state index in [-0.39, 0.29) is 11.7 Å². The first-order valence-corrected chi connectivity index (χ1v) is 7.81. The minimum Gasteiger partial charge on any atom is -0.357 e. The molecule has 2 N–H and O–H groups in total. The molecule has 0 unspecified atom stereocenters. The Hall–Kier alpha value is -2.63. The molecule has 0 atom stereocenters. The zero-order valence-electron chi connectivity index (χ0n) is 13.1. The zero-order chi connectivity index (χ0) is 16.2. The third kappa shape index (κ3) is 3.59. The Labute approximate surface area is 134 Å². The molecule has 1 fully saturated rings. The summed E-state index contributed by atoms with van der Waals surface area (Å²) < 4.78 is 0. The molecule has 0 bridgehead atoms. The number of ketones is 1. The molecular formula is C17H20N4O2. The van der Waals surface area contributed by atoms with E-state index in [1.807, 2.05) is 12.1 Å². The van der Waals surface area contributed by atoms with Gasteiger partial charge in [-0.3, -0.25) is 9.59 Å². The van der Waals surface area contributed by atoms with E-state index >= 15 is 0 Å². The minimum atomic E-state index is -0.225. The molecule has 0 spiro atoms. The maximum Gasteiger partial charge on any atom is 0.267 e. The number of H-pyrrole nitrogens is 1. The van der Waals surface area contributed by atoms with Crippen molar-refractivity contribution in [3.63, 3.8) is 0 Å². The van der Waals surface area contributed by atoms with E-state index in [0.29, 0.717) is 17.8 Å². The Balaban J connectivity index is 1.62. The van der Waals surface area contributed by atoms with Gasteiger partial charge in [-0.25, -0.2) is 4.98 Å². The van der Waals surface area contributed by atoms with Gasteiger partial charge in [0.25, 0.3) is 5.91 Å². The van der Waals surface area contributed by atoms with Crippen LogP contribution in [0, 0.1) is 0 Å². The molecule has 0 saturated carbocycles. The van der Waals surface area contributed by atoms with Gasteiger partial charge in [0.15, 0.2) is 5.78 Å². The Kier molecular flexibility index (Phi) is 4.41. The van der Waals surface area contributed by atoms with Crippen molar-refractivity contribution in [3.05, 3.63) is 47.4 Å². The van der Waals surface area contributed by atoms with Crippen LogP contribution in [0.1, 0.15) is 46.2 Å². The van der Waals surface area contributed by atoms with Gasteiger partial charge in [-0.05, 0) is 43.5 Å². The second kappa shape index (κ2) is 6.64. The number of anilines is 1. The standard InChI is InChI=1S/C17H20N4O2/c1-12(22)14-9-15(19-11-14)17(23)20-10-13-4-5-18-16(8-13)21-6-2-3-7-21/h4-5,8-9,11,19H,2-3,6-7,10H2,1H3,(H,20,23). The number of pyridine rings is 1. The second-order valence-corrected chi connectivity index (χ2v) is 5.76. The zero-order valence-corrected chi connectivity index (χ0v) is 13.1. The summed E-state index contributed by atoms with van der Waals surface area (Å²) in [7, 11) is 0. The van der Waals surface area contributed by atoms with Crippen LogP contribution in [0.4, 0.5) is 5.82 Å². The number of aromatic nitrogens is 2. The predicted molar refractivity (Wildman–Crippen MR) is 87.7 cm³/mol. The molecule has 1 saturated heterocycles.